The number of carbonyl (C=O) groups is 2. The fraction of sp³-hybridized carbons (Fsp3) is 0.500. The predicted molar refractivity (Wildman–Crippen MR) is 108 cm³/mol. The van der Waals surface area contributed by atoms with Crippen LogP contribution in [0.2, 0.25) is 0 Å². The van der Waals surface area contributed by atoms with E-state index in [-0.39, 0.29) is 29.1 Å². The van der Waals surface area contributed by atoms with E-state index in [1.54, 1.807) is 15.5 Å². The van der Waals surface area contributed by atoms with Crippen molar-refractivity contribution in [2.24, 2.45) is 5.92 Å². The summed E-state index contributed by atoms with van der Waals surface area (Å²) >= 11 is 1.30. The van der Waals surface area contributed by atoms with Gasteiger partial charge in [-0.3, -0.25) is 19.0 Å². The molecule has 2 aromatic rings. The number of amides is 1. The Hall–Kier alpha value is -2.35. The second-order valence-electron chi connectivity index (χ2n) is 6.84. The number of hydrogen-bond acceptors (Lipinski definition) is 6. The van der Waals surface area contributed by atoms with Crippen LogP contribution in [-0.2, 0) is 20.9 Å². The van der Waals surface area contributed by atoms with Gasteiger partial charge in [-0.1, -0.05) is 30.8 Å². The molecule has 150 valence electrons. The third-order valence-corrected chi connectivity index (χ3v) is 5.94. The summed E-state index contributed by atoms with van der Waals surface area (Å²) in [4.78, 5) is 43.4. The maximum Gasteiger partial charge on any atom is 0.308 e. The van der Waals surface area contributed by atoms with Gasteiger partial charge in [0.05, 0.1) is 29.7 Å². The van der Waals surface area contributed by atoms with Gasteiger partial charge >= 0.3 is 5.97 Å². The molecule has 7 nitrogen and oxygen atoms in total. The van der Waals surface area contributed by atoms with E-state index in [2.05, 4.69) is 4.98 Å². The fourth-order valence-corrected chi connectivity index (χ4v) is 4.36. The number of aromatic nitrogens is 2. The first-order chi connectivity index (χ1) is 13.5. The van der Waals surface area contributed by atoms with E-state index < -0.39 is 0 Å². The van der Waals surface area contributed by atoms with Gasteiger partial charge in [-0.15, -0.1) is 0 Å². The van der Waals surface area contributed by atoms with Crippen molar-refractivity contribution in [2.45, 2.75) is 37.9 Å². The number of piperidine rings is 1. The summed E-state index contributed by atoms with van der Waals surface area (Å²) in [7, 11) is 1.39. The van der Waals surface area contributed by atoms with Crippen LogP contribution in [0.25, 0.3) is 10.9 Å². The number of likely N-dealkylation sites (tertiary alicyclic amines) is 1. The maximum atomic E-state index is 12.8. The van der Waals surface area contributed by atoms with Crippen molar-refractivity contribution in [3.8, 4) is 0 Å². The standard InChI is InChI=1S/C20H25N3O4S/c1-3-10-23-18(25)15-6-4-5-7-16(15)21-20(23)28-13-17(24)22-11-8-14(9-12-22)19(26)27-2/h4-7,14H,3,8-13H2,1-2H3. The van der Waals surface area contributed by atoms with Crippen LogP contribution in [0, 0.1) is 5.92 Å². The van der Waals surface area contributed by atoms with E-state index in [0.717, 1.165) is 6.42 Å². The van der Waals surface area contributed by atoms with Crippen molar-refractivity contribution in [3.63, 3.8) is 0 Å². The van der Waals surface area contributed by atoms with Crippen LogP contribution in [0.3, 0.4) is 0 Å². The molecule has 0 radical (unpaired) electrons. The van der Waals surface area contributed by atoms with Gasteiger partial charge in [0.25, 0.3) is 5.56 Å². The number of thioether (sulfide) groups is 1. The van der Waals surface area contributed by atoms with Crippen LogP contribution in [-0.4, -0.2) is 52.3 Å². The maximum absolute atomic E-state index is 12.8. The molecule has 1 aliphatic heterocycles. The summed E-state index contributed by atoms with van der Waals surface area (Å²) < 4.78 is 6.44. The zero-order chi connectivity index (χ0) is 20.1. The molecule has 1 aromatic heterocycles. The smallest absolute Gasteiger partial charge is 0.308 e. The monoisotopic (exact) mass is 403 g/mol. The van der Waals surface area contributed by atoms with E-state index in [0.29, 0.717) is 48.5 Å². The summed E-state index contributed by atoms with van der Waals surface area (Å²) in [6, 6.07) is 7.28. The van der Waals surface area contributed by atoms with Crippen molar-refractivity contribution in [1.82, 2.24) is 14.5 Å². The molecule has 0 saturated carbocycles. The first kappa shape index (κ1) is 20.4. The van der Waals surface area contributed by atoms with Gasteiger partial charge in [-0.25, -0.2) is 4.98 Å². The van der Waals surface area contributed by atoms with Crippen molar-refractivity contribution < 1.29 is 14.3 Å². The Bertz CT molecular complexity index is 919. The molecule has 1 amide bonds. The van der Waals surface area contributed by atoms with Crippen LogP contribution in [0.15, 0.2) is 34.2 Å². The van der Waals surface area contributed by atoms with E-state index in [9.17, 15) is 14.4 Å². The third-order valence-electron chi connectivity index (χ3n) is 4.98. The average Bonchev–Trinajstić information content (AvgIpc) is 2.74. The van der Waals surface area contributed by atoms with E-state index in [1.165, 1.54) is 18.9 Å². The summed E-state index contributed by atoms with van der Waals surface area (Å²) in [6.45, 7) is 3.67. The molecule has 1 aromatic carbocycles. The largest absolute Gasteiger partial charge is 0.469 e. The molecular formula is C20H25N3O4S. The molecule has 1 saturated heterocycles. The van der Waals surface area contributed by atoms with Gasteiger partial charge < -0.3 is 9.64 Å². The minimum absolute atomic E-state index is 0.00114. The molecule has 3 rings (SSSR count). The number of hydrogen-bond donors (Lipinski definition) is 0. The molecule has 2 heterocycles. The van der Waals surface area contributed by atoms with Crippen molar-refractivity contribution >= 4 is 34.5 Å². The highest BCUT2D eigenvalue weighted by atomic mass is 32.2. The van der Waals surface area contributed by atoms with Crippen molar-refractivity contribution in [3.05, 3.63) is 34.6 Å². The predicted octanol–water partition coefficient (Wildman–Crippen LogP) is 2.31. The molecule has 0 atom stereocenters. The third kappa shape index (κ3) is 4.38. The number of nitrogens with zero attached hydrogens (tertiary/aromatic N) is 3. The Morgan fingerprint density at radius 3 is 2.64 bits per heavy atom. The van der Waals surface area contributed by atoms with Crippen LogP contribution < -0.4 is 5.56 Å². The normalized spacial score (nSPS) is 15.0. The van der Waals surface area contributed by atoms with Crippen molar-refractivity contribution in [2.75, 3.05) is 26.0 Å². The van der Waals surface area contributed by atoms with Gasteiger partial charge in [-0.2, -0.15) is 0 Å². The fourth-order valence-electron chi connectivity index (χ4n) is 3.43. The molecule has 1 aliphatic rings. The second-order valence-corrected chi connectivity index (χ2v) is 7.78. The number of esters is 1. The Labute approximate surface area is 168 Å². The average molecular weight is 404 g/mol. The molecule has 28 heavy (non-hydrogen) atoms. The molecule has 0 spiro atoms. The first-order valence-electron chi connectivity index (χ1n) is 9.53. The van der Waals surface area contributed by atoms with E-state index >= 15 is 0 Å². The van der Waals surface area contributed by atoms with E-state index in [4.69, 9.17) is 4.74 Å². The number of ether oxygens (including phenoxy) is 1. The van der Waals surface area contributed by atoms with Crippen molar-refractivity contribution in [1.29, 1.82) is 0 Å². The quantitative estimate of drug-likeness (QED) is 0.418. The Morgan fingerprint density at radius 2 is 1.96 bits per heavy atom. The van der Waals surface area contributed by atoms with E-state index in [1.807, 2.05) is 25.1 Å². The molecule has 8 heteroatoms. The highest BCUT2D eigenvalue weighted by Gasteiger charge is 2.28. The molecule has 1 fully saturated rings. The lowest BCUT2D eigenvalue weighted by atomic mass is 9.97. The number of para-hydroxylation sites is 1. The Morgan fingerprint density at radius 1 is 1.25 bits per heavy atom. The highest BCUT2D eigenvalue weighted by Crippen LogP contribution is 2.22. The number of rotatable bonds is 6. The lowest BCUT2D eigenvalue weighted by molar-refractivity contribution is -0.148. The minimum atomic E-state index is -0.203. The van der Waals surface area contributed by atoms with Crippen LogP contribution in [0.5, 0.6) is 0 Å². The van der Waals surface area contributed by atoms with Gasteiger partial charge in [0, 0.05) is 19.6 Å². The molecule has 0 unspecified atom stereocenters. The SMILES string of the molecule is CCCn1c(SCC(=O)N2CCC(C(=O)OC)CC2)nc2ccccc2c1=O. The number of benzene rings is 1. The Balaban J connectivity index is 1.69. The summed E-state index contributed by atoms with van der Waals surface area (Å²) in [5.74, 6) is -0.111. The summed E-state index contributed by atoms with van der Waals surface area (Å²) in [6.07, 6.45) is 2.05. The van der Waals surface area contributed by atoms with Crippen LogP contribution in [0.4, 0.5) is 0 Å². The molecule has 0 bridgehead atoms. The molecule has 0 aliphatic carbocycles. The first-order valence-corrected chi connectivity index (χ1v) is 10.5. The summed E-state index contributed by atoms with van der Waals surface area (Å²) in [5.41, 5.74) is 0.579. The molecular weight excluding hydrogens is 378 g/mol. The number of carbonyl (C=O) groups excluding carboxylic acids is 2. The highest BCUT2D eigenvalue weighted by molar-refractivity contribution is 7.99. The number of methoxy groups -OCH3 is 1. The van der Waals surface area contributed by atoms with Gasteiger partial charge in [0.15, 0.2) is 5.16 Å². The molecule has 0 N–H and O–H groups in total. The Kier molecular flexibility index (Phi) is 6.72. The van der Waals surface area contributed by atoms with Crippen LogP contribution in [0.1, 0.15) is 26.2 Å². The van der Waals surface area contributed by atoms with Gasteiger partial charge in [-0.05, 0) is 31.4 Å². The zero-order valence-electron chi connectivity index (χ0n) is 16.2. The topological polar surface area (TPSA) is 81.5 Å². The second kappa shape index (κ2) is 9.23. The lowest BCUT2D eigenvalue weighted by Crippen LogP contribution is -2.41. The van der Waals surface area contributed by atoms with Crippen LogP contribution >= 0.6 is 11.8 Å². The van der Waals surface area contributed by atoms with Gasteiger partial charge in [0.2, 0.25) is 5.91 Å². The zero-order valence-corrected chi connectivity index (χ0v) is 17.0. The lowest BCUT2D eigenvalue weighted by Gasteiger charge is -2.30. The minimum Gasteiger partial charge on any atom is -0.469 e. The summed E-state index contributed by atoms with van der Waals surface area (Å²) in [5, 5.41) is 1.17. The van der Waals surface area contributed by atoms with Gasteiger partial charge in [0.1, 0.15) is 0 Å². The number of fused-ring (bicyclic) bond motifs is 1.